The fraction of sp³-hybridized carbons (Fsp3) is 0.607. The maximum atomic E-state index is 6.25. The van der Waals surface area contributed by atoms with Gasteiger partial charge in [0.1, 0.15) is 23.5 Å². The van der Waals surface area contributed by atoms with Crippen molar-refractivity contribution in [3.05, 3.63) is 46.7 Å². The van der Waals surface area contributed by atoms with Crippen LogP contribution in [0.25, 0.3) is 0 Å². The second kappa shape index (κ2) is 8.72. The molecule has 5 unspecified atom stereocenters. The first-order valence-corrected chi connectivity index (χ1v) is 14.5. The van der Waals surface area contributed by atoms with Crippen LogP contribution in [0.1, 0.15) is 75.3 Å². The minimum atomic E-state index is 0.418. The zero-order valence-electron chi connectivity index (χ0n) is 20.5. The highest BCUT2D eigenvalue weighted by Crippen LogP contribution is 2.96. The van der Waals surface area contributed by atoms with E-state index in [-0.39, 0.29) is 0 Å². The van der Waals surface area contributed by atoms with Gasteiger partial charge in [0.05, 0.1) is 0 Å². The van der Waals surface area contributed by atoms with Crippen molar-refractivity contribution in [2.75, 3.05) is 23.7 Å². The van der Waals surface area contributed by atoms with E-state index in [1.165, 1.54) is 50.4 Å². The summed E-state index contributed by atoms with van der Waals surface area (Å²) in [5.41, 5.74) is 9.82. The fourth-order valence-electron chi connectivity index (χ4n) is 8.77. The van der Waals surface area contributed by atoms with Crippen LogP contribution in [-0.4, -0.2) is 27.7 Å². The van der Waals surface area contributed by atoms with Crippen LogP contribution >= 0.6 is 27.5 Å². The van der Waals surface area contributed by atoms with Crippen molar-refractivity contribution in [2.45, 2.75) is 64.2 Å². The number of anilines is 2. The smallest absolute Gasteiger partial charge is 0.254 e. The first-order valence-electron chi connectivity index (χ1n) is 13.3. The number of aromatic nitrogens is 2. The average Bonchev–Trinajstić information content (AvgIpc) is 3.42. The molecular weight excluding hydrogens is 522 g/mol. The van der Waals surface area contributed by atoms with Gasteiger partial charge in [0.15, 0.2) is 0 Å². The van der Waals surface area contributed by atoms with Crippen LogP contribution in [0.2, 0.25) is 5.02 Å². The quantitative estimate of drug-likeness (QED) is 0.414. The van der Waals surface area contributed by atoms with Gasteiger partial charge in [-0.3, -0.25) is 0 Å². The molecule has 7 rings (SSSR count). The second-order valence-corrected chi connectivity index (χ2v) is 12.8. The lowest BCUT2D eigenvalue weighted by atomic mass is 9.35. The Hall–Kier alpha value is -1.66. The third-order valence-corrected chi connectivity index (χ3v) is 10.9. The zero-order chi connectivity index (χ0) is 24.4. The van der Waals surface area contributed by atoms with E-state index in [2.05, 4.69) is 62.0 Å². The predicted octanol–water partition coefficient (Wildman–Crippen LogP) is 5.22. The molecule has 1 aliphatic heterocycles. The van der Waals surface area contributed by atoms with Gasteiger partial charge in [-0.05, 0) is 90.7 Å². The lowest BCUT2D eigenvalue weighted by Crippen LogP contribution is -2.62. The Kier molecular flexibility index (Phi) is 5.91. The van der Waals surface area contributed by atoms with Crippen LogP contribution in [0.4, 0.5) is 11.6 Å². The first kappa shape index (κ1) is 23.7. The van der Waals surface area contributed by atoms with E-state index in [4.69, 9.17) is 22.7 Å². The van der Waals surface area contributed by atoms with Gasteiger partial charge in [0, 0.05) is 34.0 Å². The molecule has 1 aromatic carbocycles. The molecule has 0 radical (unpaired) electrons. The molecule has 1 saturated heterocycles. The summed E-state index contributed by atoms with van der Waals surface area (Å²) in [6.45, 7) is 4.31. The van der Waals surface area contributed by atoms with Crippen LogP contribution in [0.3, 0.4) is 0 Å². The molecule has 1 spiro atoms. The zero-order valence-corrected chi connectivity index (χ0v) is 22.9. The Morgan fingerprint density at radius 3 is 2.66 bits per heavy atom. The van der Waals surface area contributed by atoms with Gasteiger partial charge in [-0.15, -0.1) is 0 Å². The summed E-state index contributed by atoms with van der Waals surface area (Å²) in [4.78, 5) is 11.0. The number of hydrogen-bond donors (Lipinski definition) is 2. The summed E-state index contributed by atoms with van der Waals surface area (Å²) in [6.07, 6.45) is 12.3. The molecule has 2 aromatic rings. The van der Waals surface area contributed by atoms with Gasteiger partial charge in [-0.2, -0.15) is 0 Å². The monoisotopic (exact) mass is 556 g/mol. The molecule has 2 bridgehead atoms. The van der Waals surface area contributed by atoms with Crippen LogP contribution in [0.15, 0.2) is 30.6 Å². The Labute approximate surface area is 221 Å². The number of benzene rings is 1. The van der Waals surface area contributed by atoms with Crippen LogP contribution in [-0.2, 0) is 0 Å². The van der Waals surface area contributed by atoms with Crippen LogP contribution in [0, 0.1) is 28.6 Å². The van der Waals surface area contributed by atoms with E-state index < -0.39 is 0 Å². The third kappa shape index (κ3) is 3.65. The van der Waals surface area contributed by atoms with E-state index >= 15 is 0 Å². The number of piperidine rings is 1. The van der Waals surface area contributed by atoms with Crippen LogP contribution in [0.5, 0.6) is 0 Å². The summed E-state index contributed by atoms with van der Waals surface area (Å²) < 4.78 is 0.489. The number of nitrogens with two attached hydrogens (primary N) is 2. The number of nitrogen functional groups attached to an aromatic ring is 1. The fourth-order valence-corrected chi connectivity index (χ4v) is 9.28. The topological polar surface area (TPSA) is 80.6 Å². The molecule has 4 aliphatic carbocycles. The molecule has 186 valence electrons. The van der Waals surface area contributed by atoms with Gasteiger partial charge >= 0.3 is 0 Å². The summed E-state index contributed by atoms with van der Waals surface area (Å²) in [5.74, 6) is 4.61. The van der Waals surface area contributed by atoms with Crippen molar-refractivity contribution in [1.29, 1.82) is 0 Å². The third-order valence-electron chi connectivity index (χ3n) is 10.2. The van der Waals surface area contributed by atoms with E-state index in [9.17, 15) is 0 Å². The van der Waals surface area contributed by atoms with E-state index in [0.29, 0.717) is 27.8 Å². The minimum absolute atomic E-state index is 0.418. The highest BCUT2D eigenvalue weighted by atomic mass is 79.9. The molecule has 5 atom stereocenters. The summed E-state index contributed by atoms with van der Waals surface area (Å²) in [5, 5.41) is 6.88. The van der Waals surface area contributed by atoms with Crippen molar-refractivity contribution in [3.63, 3.8) is 0 Å². The molecule has 4 saturated carbocycles. The minimum Gasteiger partial charge on any atom is -0.383 e. The van der Waals surface area contributed by atoms with E-state index in [0.717, 1.165) is 59.4 Å². The Balaban J connectivity index is 1.14. The first-order chi connectivity index (χ1) is 16.9. The largest absolute Gasteiger partial charge is 0.383 e. The highest BCUT2D eigenvalue weighted by molar-refractivity contribution is 9.18. The Morgan fingerprint density at radius 1 is 1.26 bits per heavy atom. The Morgan fingerprint density at radius 2 is 2.00 bits per heavy atom. The van der Waals surface area contributed by atoms with Gasteiger partial charge in [-0.1, -0.05) is 43.5 Å². The molecule has 35 heavy (non-hydrogen) atoms. The maximum Gasteiger partial charge on any atom is 0.254 e. The standard InChI is InChI=1S/C28H35BrClN5/c1-2-21-27(15-28(21)14-22(27)28)11-3-4-20(17-5-7-19(30)8-6-17)18-9-12-35(13-10-18)26-23(24(29)31)25(32)33-16-34-26/h5-8,16,18,20-22,31H,2-4,9-15H2,1H3,(H2,32,33,34)/p+1. The number of hydrogen-bond acceptors (Lipinski definition) is 4. The SMILES string of the molecule is CCC1C2(CCCC(c3ccc(Cl)cc3)C3CCN(c4ncnc(N)c4C(=[NH2+])Br)CC3)CC13CC23. The number of rotatable bonds is 9. The van der Waals surface area contributed by atoms with Crippen molar-refractivity contribution in [3.8, 4) is 0 Å². The molecule has 4 N–H and O–H groups in total. The van der Waals surface area contributed by atoms with Gasteiger partial charge in [0.25, 0.3) is 4.62 Å². The Bertz CT molecular complexity index is 1130. The maximum absolute atomic E-state index is 6.25. The van der Waals surface area contributed by atoms with Crippen molar-refractivity contribution >= 4 is 43.8 Å². The van der Waals surface area contributed by atoms with Gasteiger partial charge in [0.2, 0.25) is 0 Å². The molecule has 2 heterocycles. The van der Waals surface area contributed by atoms with E-state index in [1.807, 2.05) is 0 Å². The van der Waals surface area contributed by atoms with Crippen LogP contribution < -0.4 is 16.0 Å². The van der Waals surface area contributed by atoms with Crippen molar-refractivity contribution in [2.24, 2.45) is 28.6 Å². The molecule has 5 fully saturated rings. The molecule has 5 nitrogen and oxygen atoms in total. The van der Waals surface area contributed by atoms with Crippen molar-refractivity contribution < 1.29 is 5.41 Å². The van der Waals surface area contributed by atoms with E-state index in [1.54, 1.807) is 0 Å². The molecule has 5 aliphatic rings. The lowest BCUT2D eigenvalue weighted by molar-refractivity contribution is -0.208. The molecule has 0 amide bonds. The number of nitrogens with zero attached hydrogens (tertiary/aromatic N) is 3. The highest BCUT2D eigenvalue weighted by Gasteiger charge is 2.89. The summed E-state index contributed by atoms with van der Waals surface area (Å²) in [7, 11) is 0. The lowest BCUT2D eigenvalue weighted by Gasteiger charge is -2.69. The van der Waals surface area contributed by atoms with Gasteiger partial charge < -0.3 is 10.6 Å². The average molecular weight is 558 g/mol. The van der Waals surface area contributed by atoms with Crippen molar-refractivity contribution in [1.82, 2.24) is 9.97 Å². The second-order valence-electron chi connectivity index (χ2n) is 11.5. The van der Waals surface area contributed by atoms with Gasteiger partial charge in [-0.25, -0.2) is 15.4 Å². The summed E-state index contributed by atoms with van der Waals surface area (Å²) >= 11 is 9.64. The molecule has 1 aromatic heterocycles. The summed E-state index contributed by atoms with van der Waals surface area (Å²) in [6, 6.07) is 8.64. The molecule has 7 heteroatoms. The normalized spacial score (nSPS) is 31.8. The molecular formula is C28H36BrClN5+. The number of halogens is 2. The predicted molar refractivity (Wildman–Crippen MR) is 146 cm³/mol.